The zero-order valence-electron chi connectivity index (χ0n) is 27.2. The van der Waals surface area contributed by atoms with E-state index in [4.69, 9.17) is 37.9 Å². The van der Waals surface area contributed by atoms with Crippen LogP contribution in [-0.4, -0.2) is 56.9 Å². The minimum atomic E-state index is 0.726. The summed E-state index contributed by atoms with van der Waals surface area (Å²) >= 11 is 0. The van der Waals surface area contributed by atoms with E-state index in [-0.39, 0.29) is 0 Å². The van der Waals surface area contributed by atoms with E-state index in [1.165, 1.54) is 0 Å². The summed E-state index contributed by atoms with van der Waals surface area (Å²) in [6.45, 7) is 0. The zero-order valence-corrected chi connectivity index (χ0v) is 33.7. The molecule has 256 valence electrons. The maximum atomic E-state index is 5.83. The fourth-order valence-electron chi connectivity index (χ4n) is 4.25. The van der Waals surface area contributed by atoms with Gasteiger partial charge >= 0.3 is 0 Å². The molecule has 0 radical (unpaired) electrons. The van der Waals surface area contributed by atoms with E-state index >= 15 is 0 Å². The molecular weight excluding hydrogens is 769 g/mol. The van der Waals surface area contributed by atoms with Crippen molar-refractivity contribution in [3.63, 3.8) is 0 Å². The summed E-state index contributed by atoms with van der Waals surface area (Å²) < 4.78 is 46.7. The first-order valence-electron chi connectivity index (χ1n) is 13.8. The quantitative estimate of drug-likeness (QED) is 0.159. The molecule has 10 heterocycles. The topological polar surface area (TPSA) is 73.8 Å². The van der Waals surface area contributed by atoms with E-state index in [1.54, 1.807) is 143 Å². The van der Waals surface area contributed by atoms with E-state index in [2.05, 4.69) is 0 Å². The Morgan fingerprint density at radius 1 is 0.229 bits per heavy atom. The predicted octanol–water partition coefficient (Wildman–Crippen LogP) is 11.3. The number of hydrogen-bond acceptors (Lipinski definition) is 16. The third-order valence-corrected chi connectivity index (χ3v) is 16.3. The molecule has 10 aliphatic heterocycles. The molecule has 8 nitrogen and oxygen atoms in total. The third kappa shape index (κ3) is 8.50. The van der Waals surface area contributed by atoms with Crippen molar-refractivity contribution in [2.75, 3.05) is 56.9 Å². The van der Waals surface area contributed by atoms with Crippen molar-refractivity contribution in [2.45, 2.75) is 39.2 Å². The van der Waals surface area contributed by atoms with Gasteiger partial charge in [0.2, 0.25) is 0 Å². The molecule has 16 heteroatoms. The van der Waals surface area contributed by atoms with Crippen LogP contribution in [0.25, 0.3) is 0 Å². The van der Waals surface area contributed by atoms with Crippen molar-refractivity contribution in [1.82, 2.24) is 0 Å². The van der Waals surface area contributed by atoms with E-state index in [9.17, 15) is 0 Å². The van der Waals surface area contributed by atoms with Crippen LogP contribution in [0.15, 0.2) is 87.7 Å². The van der Waals surface area contributed by atoms with E-state index in [1.807, 2.05) is 48.5 Å². The average molecular weight is 801 g/mol. The SMILES string of the molecule is COc1cc2c(OC)cc1SSc1cc(OC)c(cc1OC)SSc1cc(OC)c(cc1OC)SSc1cc(OC)c(cc1OC)SS2. The molecule has 0 atom stereocenters. The average Bonchev–Trinajstić information content (AvgIpc) is 3.13. The number of ether oxygens (including phenoxy) is 8. The predicted molar refractivity (Wildman–Crippen MR) is 205 cm³/mol. The fraction of sp³-hybridized carbons (Fsp3) is 0.250. The molecule has 0 saturated heterocycles. The second-order valence-corrected chi connectivity index (χ2v) is 18.1. The first-order chi connectivity index (χ1) is 23.4. The number of benzene rings is 4. The number of rotatable bonds is 8. The van der Waals surface area contributed by atoms with Crippen molar-refractivity contribution in [3.05, 3.63) is 48.5 Å². The molecule has 4 aromatic rings. The van der Waals surface area contributed by atoms with E-state index < -0.39 is 0 Å². The van der Waals surface area contributed by atoms with Gasteiger partial charge < -0.3 is 37.9 Å². The van der Waals surface area contributed by atoms with Crippen molar-refractivity contribution < 1.29 is 37.9 Å². The molecule has 8 bridgehead atoms. The molecule has 14 rings (SSSR count). The second kappa shape index (κ2) is 17.8. The van der Waals surface area contributed by atoms with Gasteiger partial charge in [0.15, 0.2) is 0 Å². The number of methoxy groups -OCH3 is 8. The third-order valence-electron chi connectivity index (χ3n) is 6.68. The van der Waals surface area contributed by atoms with E-state index in [0.717, 1.165) is 85.2 Å². The Kier molecular flexibility index (Phi) is 13.9. The van der Waals surface area contributed by atoms with Gasteiger partial charge in [-0.3, -0.25) is 0 Å². The minimum absolute atomic E-state index is 0.726. The van der Waals surface area contributed by atoms with Gasteiger partial charge in [-0.05, 0) is 135 Å². The largest absolute Gasteiger partial charge is 0.496 e. The van der Waals surface area contributed by atoms with Gasteiger partial charge in [-0.15, -0.1) is 0 Å². The first-order valence-corrected chi connectivity index (χ1v) is 22.4. The summed E-state index contributed by atoms with van der Waals surface area (Å²) in [6, 6.07) is 15.9. The van der Waals surface area contributed by atoms with Crippen LogP contribution in [0.2, 0.25) is 0 Å². The molecule has 0 N–H and O–H groups in total. The van der Waals surface area contributed by atoms with Crippen LogP contribution in [0.3, 0.4) is 0 Å². The highest BCUT2D eigenvalue weighted by molar-refractivity contribution is 8.77. The highest BCUT2D eigenvalue weighted by atomic mass is 33.1. The zero-order chi connectivity index (χ0) is 34.2. The van der Waals surface area contributed by atoms with Crippen molar-refractivity contribution in [3.8, 4) is 46.0 Å². The lowest BCUT2D eigenvalue weighted by Gasteiger charge is -2.18. The molecule has 0 fully saturated rings. The standard InChI is InChI=1S/C32H32O8S8/c1-33-17-9-26-18(34-2)10-25(17)41-43-27-11-20(36-4)29(12-19(27)35-3)45-47-31-15-24(40-8)32(16-23(31)39-7)48-46-30-14-21(37-5)28(44-42-26)13-22(30)38-6/h9-16H,1-8H3. The van der Waals surface area contributed by atoms with E-state index in [0.29, 0.717) is 0 Å². The van der Waals surface area contributed by atoms with Crippen LogP contribution in [0.4, 0.5) is 0 Å². The van der Waals surface area contributed by atoms with Gasteiger partial charge in [0, 0.05) is 0 Å². The van der Waals surface area contributed by atoms with Crippen molar-refractivity contribution in [1.29, 1.82) is 0 Å². The van der Waals surface area contributed by atoms with Gasteiger partial charge in [-0.25, -0.2) is 0 Å². The van der Waals surface area contributed by atoms with Crippen molar-refractivity contribution >= 4 is 86.4 Å². The summed E-state index contributed by atoms with van der Waals surface area (Å²) in [6.07, 6.45) is 0. The molecule has 10 aliphatic rings. The van der Waals surface area contributed by atoms with Crippen LogP contribution >= 0.6 is 86.4 Å². The Morgan fingerprint density at radius 3 is 0.417 bits per heavy atom. The smallest absolute Gasteiger partial charge is 0.134 e. The normalized spacial score (nSPS) is 13.2. The van der Waals surface area contributed by atoms with Crippen LogP contribution in [0.5, 0.6) is 46.0 Å². The Labute approximate surface area is 312 Å². The van der Waals surface area contributed by atoms with Crippen molar-refractivity contribution in [2.24, 2.45) is 0 Å². The minimum Gasteiger partial charge on any atom is -0.496 e. The molecular formula is C32H32O8S8. The van der Waals surface area contributed by atoms with Gasteiger partial charge in [0.1, 0.15) is 46.0 Å². The Morgan fingerprint density at radius 2 is 0.333 bits per heavy atom. The van der Waals surface area contributed by atoms with Crippen LogP contribution < -0.4 is 37.9 Å². The molecule has 0 unspecified atom stereocenters. The van der Waals surface area contributed by atoms with Crippen LogP contribution in [-0.2, 0) is 0 Å². The molecule has 0 aromatic heterocycles. The number of hydrogen-bond donors (Lipinski definition) is 0. The monoisotopic (exact) mass is 800 g/mol. The molecule has 0 saturated carbocycles. The van der Waals surface area contributed by atoms with Gasteiger partial charge in [0.25, 0.3) is 0 Å². The van der Waals surface area contributed by atoms with Crippen LogP contribution in [0, 0.1) is 0 Å². The maximum absolute atomic E-state index is 5.83. The summed E-state index contributed by atoms with van der Waals surface area (Å²) in [5.74, 6) is 5.81. The fourth-order valence-corrected chi connectivity index (χ4v) is 13.3. The molecule has 4 aromatic carbocycles. The lowest BCUT2D eigenvalue weighted by molar-refractivity contribution is 0.386. The Hall–Kier alpha value is -1.92. The maximum Gasteiger partial charge on any atom is 0.134 e. The van der Waals surface area contributed by atoms with Gasteiger partial charge in [-0.2, -0.15) is 0 Å². The Bertz CT molecular complexity index is 1380. The lowest BCUT2D eigenvalue weighted by atomic mass is 10.3. The molecule has 0 spiro atoms. The summed E-state index contributed by atoms with van der Waals surface area (Å²) in [4.78, 5) is 7.23. The highest BCUT2D eigenvalue weighted by Crippen LogP contribution is 2.56. The summed E-state index contributed by atoms with van der Waals surface area (Å²) in [5.41, 5.74) is 0. The van der Waals surface area contributed by atoms with Gasteiger partial charge in [-0.1, -0.05) is 0 Å². The van der Waals surface area contributed by atoms with Gasteiger partial charge in [0.05, 0.1) is 96.0 Å². The first kappa shape index (κ1) is 37.3. The molecule has 48 heavy (non-hydrogen) atoms. The summed E-state index contributed by atoms with van der Waals surface area (Å²) in [5, 5.41) is 0. The van der Waals surface area contributed by atoms with Crippen LogP contribution in [0.1, 0.15) is 0 Å². The molecule has 0 amide bonds. The highest BCUT2D eigenvalue weighted by Gasteiger charge is 2.21. The Balaban J connectivity index is 1.62. The molecule has 0 aliphatic carbocycles. The second-order valence-electron chi connectivity index (χ2n) is 9.28. The summed E-state index contributed by atoms with van der Waals surface area (Å²) in [7, 11) is 25.7. The lowest BCUT2D eigenvalue weighted by Crippen LogP contribution is -1.93.